The zero-order valence-corrected chi connectivity index (χ0v) is 9.74. The summed E-state index contributed by atoms with van der Waals surface area (Å²) in [6.07, 6.45) is 3.14. The molecule has 2 aromatic heterocycles. The topological polar surface area (TPSA) is 93.6 Å². The van der Waals surface area contributed by atoms with Crippen LogP contribution in [0.25, 0.3) is 0 Å². The van der Waals surface area contributed by atoms with Gasteiger partial charge in [0.05, 0.1) is 11.8 Å². The SMILES string of the molecule is Cc1ccc(Oc2ncccc2C(N)=NO)cn1. The molecule has 0 bridgehead atoms. The Kier molecular flexibility index (Phi) is 3.38. The molecule has 2 heterocycles. The summed E-state index contributed by atoms with van der Waals surface area (Å²) in [5.41, 5.74) is 6.84. The number of ether oxygens (including phenoxy) is 1. The second kappa shape index (κ2) is 5.13. The molecule has 92 valence electrons. The Hall–Kier alpha value is -2.63. The summed E-state index contributed by atoms with van der Waals surface area (Å²) in [6.45, 7) is 1.88. The maximum Gasteiger partial charge on any atom is 0.230 e. The molecule has 0 spiro atoms. The molecule has 0 aliphatic rings. The van der Waals surface area contributed by atoms with Crippen molar-refractivity contribution in [2.45, 2.75) is 6.92 Å². The van der Waals surface area contributed by atoms with Gasteiger partial charge >= 0.3 is 0 Å². The maximum atomic E-state index is 8.68. The Bertz CT molecular complexity index is 567. The van der Waals surface area contributed by atoms with Gasteiger partial charge < -0.3 is 15.7 Å². The highest BCUT2D eigenvalue weighted by atomic mass is 16.5. The van der Waals surface area contributed by atoms with E-state index in [1.807, 2.05) is 13.0 Å². The van der Waals surface area contributed by atoms with Gasteiger partial charge in [-0.05, 0) is 31.2 Å². The van der Waals surface area contributed by atoms with Gasteiger partial charge in [-0.15, -0.1) is 0 Å². The lowest BCUT2D eigenvalue weighted by Gasteiger charge is -2.08. The van der Waals surface area contributed by atoms with Crippen molar-refractivity contribution in [2.24, 2.45) is 10.9 Å². The van der Waals surface area contributed by atoms with E-state index in [0.29, 0.717) is 11.3 Å². The lowest BCUT2D eigenvalue weighted by molar-refractivity contribution is 0.318. The van der Waals surface area contributed by atoms with Crippen LogP contribution in [0, 0.1) is 6.92 Å². The summed E-state index contributed by atoms with van der Waals surface area (Å²) in [4.78, 5) is 8.15. The smallest absolute Gasteiger partial charge is 0.230 e. The van der Waals surface area contributed by atoms with Gasteiger partial charge in [0.2, 0.25) is 5.88 Å². The number of oxime groups is 1. The van der Waals surface area contributed by atoms with Crippen LogP contribution in [0.1, 0.15) is 11.3 Å². The first kappa shape index (κ1) is 11.8. The number of nitrogens with two attached hydrogens (primary N) is 1. The molecule has 0 atom stereocenters. The molecular weight excluding hydrogens is 232 g/mol. The minimum absolute atomic E-state index is 0.0572. The number of hydrogen-bond acceptors (Lipinski definition) is 5. The summed E-state index contributed by atoms with van der Waals surface area (Å²) in [5, 5.41) is 11.6. The first-order chi connectivity index (χ1) is 8.70. The van der Waals surface area contributed by atoms with Gasteiger partial charge in [-0.2, -0.15) is 0 Å². The molecule has 0 aliphatic heterocycles. The summed E-state index contributed by atoms with van der Waals surface area (Å²) in [7, 11) is 0. The minimum Gasteiger partial charge on any atom is -0.437 e. The van der Waals surface area contributed by atoms with Crippen molar-refractivity contribution in [3.8, 4) is 11.6 Å². The Morgan fingerprint density at radius 1 is 1.33 bits per heavy atom. The van der Waals surface area contributed by atoms with E-state index in [4.69, 9.17) is 15.7 Å². The Balaban J connectivity index is 2.32. The lowest BCUT2D eigenvalue weighted by atomic mass is 10.2. The van der Waals surface area contributed by atoms with Gasteiger partial charge in [-0.25, -0.2) is 4.98 Å². The van der Waals surface area contributed by atoms with Crippen LogP contribution >= 0.6 is 0 Å². The highest BCUT2D eigenvalue weighted by Gasteiger charge is 2.10. The molecule has 0 fully saturated rings. The number of rotatable bonds is 3. The largest absolute Gasteiger partial charge is 0.437 e. The van der Waals surface area contributed by atoms with Crippen LogP contribution < -0.4 is 10.5 Å². The van der Waals surface area contributed by atoms with E-state index < -0.39 is 0 Å². The Morgan fingerprint density at radius 2 is 2.17 bits per heavy atom. The van der Waals surface area contributed by atoms with Crippen molar-refractivity contribution >= 4 is 5.84 Å². The van der Waals surface area contributed by atoms with Gasteiger partial charge in [0, 0.05) is 11.9 Å². The number of aryl methyl sites for hydroxylation is 1. The van der Waals surface area contributed by atoms with Crippen LogP contribution in [0.5, 0.6) is 11.6 Å². The van der Waals surface area contributed by atoms with E-state index in [0.717, 1.165) is 5.69 Å². The van der Waals surface area contributed by atoms with Gasteiger partial charge in [-0.1, -0.05) is 5.16 Å². The average molecular weight is 244 g/mol. The molecule has 0 unspecified atom stereocenters. The first-order valence-corrected chi connectivity index (χ1v) is 5.24. The quantitative estimate of drug-likeness (QED) is 0.371. The number of hydrogen-bond donors (Lipinski definition) is 2. The van der Waals surface area contributed by atoms with E-state index in [9.17, 15) is 0 Å². The summed E-state index contributed by atoms with van der Waals surface area (Å²) in [6, 6.07) is 6.92. The fourth-order valence-electron chi connectivity index (χ4n) is 1.35. The molecule has 3 N–H and O–H groups in total. The normalized spacial score (nSPS) is 11.3. The van der Waals surface area contributed by atoms with Gasteiger partial charge in [0.25, 0.3) is 0 Å². The Morgan fingerprint density at radius 3 is 2.83 bits per heavy atom. The van der Waals surface area contributed by atoms with Crippen LogP contribution in [-0.2, 0) is 0 Å². The third-order valence-corrected chi connectivity index (χ3v) is 2.25. The summed E-state index contributed by atoms with van der Waals surface area (Å²) < 4.78 is 5.54. The van der Waals surface area contributed by atoms with E-state index >= 15 is 0 Å². The zero-order chi connectivity index (χ0) is 13.0. The average Bonchev–Trinajstić information content (AvgIpc) is 2.41. The van der Waals surface area contributed by atoms with Crippen LogP contribution in [-0.4, -0.2) is 21.0 Å². The van der Waals surface area contributed by atoms with Crippen molar-refractivity contribution in [1.29, 1.82) is 0 Å². The van der Waals surface area contributed by atoms with Crippen molar-refractivity contribution in [1.82, 2.24) is 9.97 Å². The number of nitrogens with zero attached hydrogens (tertiary/aromatic N) is 3. The molecule has 0 saturated heterocycles. The molecule has 0 aliphatic carbocycles. The maximum absolute atomic E-state index is 8.68. The fourth-order valence-corrected chi connectivity index (χ4v) is 1.35. The molecule has 0 aromatic carbocycles. The molecule has 0 saturated carbocycles. The summed E-state index contributed by atoms with van der Waals surface area (Å²) in [5.74, 6) is 0.739. The molecule has 6 heteroatoms. The van der Waals surface area contributed by atoms with E-state index in [1.54, 1.807) is 30.6 Å². The summed E-state index contributed by atoms with van der Waals surface area (Å²) >= 11 is 0. The number of aromatic nitrogens is 2. The Labute approximate surface area is 104 Å². The molecule has 2 rings (SSSR count). The van der Waals surface area contributed by atoms with E-state index in [-0.39, 0.29) is 11.7 Å². The van der Waals surface area contributed by atoms with Gasteiger partial charge in [0.1, 0.15) is 5.75 Å². The monoisotopic (exact) mass is 244 g/mol. The van der Waals surface area contributed by atoms with Crippen LogP contribution in [0.2, 0.25) is 0 Å². The predicted octanol–water partition coefficient (Wildman–Crippen LogP) is 1.67. The second-order valence-corrected chi connectivity index (χ2v) is 3.58. The third kappa shape index (κ3) is 2.54. The van der Waals surface area contributed by atoms with Gasteiger partial charge in [-0.3, -0.25) is 4.98 Å². The minimum atomic E-state index is -0.0572. The van der Waals surface area contributed by atoms with Crippen molar-refractivity contribution in [2.75, 3.05) is 0 Å². The van der Waals surface area contributed by atoms with E-state index in [1.165, 1.54) is 0 Å². The second-order valence-electron chi connectivity index (χ2n) is 3.58. The lowest BCUT2D eigenvalue weighted by Crippen LogP contribution is -2.14. The molecule has 0 amide bonds. The molecule has 2 aromatic rings. The highest BCUT2D eigenvalue weighted by Crippen LogP contribution is 2.21. The van der Waals surface area contributed by atoms with Crippen LogP contribution in [0.3, 0.4) is 0 Å². The van der Waals surface area contributed by atoms with Crippen LogP contribution in [0.4, 0.5) is 0 Å². The fraction of sp³-hybridized carbons (Fsp3) is 0.0833. The molecule has 6 nitrogen and oxygen atoms in total. The molecule has 0 radical (unpaired) electrons. The number of pyridine rings is 2. The van der Waals surface area contributed by atoms with Crippen LogP contribution in [0.15, 0.2) is 41.8 Å². The predicted molar refractivity (Wildman–Crippen MR) is 65.8 cm³/mol. The zero-order valence-electron chi connectivity index (χ0n) is 9.74. The first-order valence-electron chi connectivity index (χ1n) is 5.24. The van der Waals surface area contributed by atoms with Crippen molar-refractivity contribution < 1.29 is 9.94 Å². The third-order valence-electron chi connectivity index (χ3n) is 2.25. The standard InChI is InChI=1S/C12H12N4O2/c1-8-4-5-9(7-15-8)18-12-10(11(13)16-17)3-2-6-14-12/h2-7,17H,1H3,(H2,13,16). The highest BCUT2D eigenvalue weighted by molar-refractivity contribution is 5.99. The number of amidine groups is 1. The molecular formula is C12H12N4O2. The molecule has 18 heavy (non-hydrogen) atoms. The van der Waals surface area contributed by atoms with Crippen molar-refractivity contribution in [3.63, 3.8) is 0 Å². The van der Waals surface area contributed by atoms with Gasteiger partial charge in [0.15, 0.2) is 5.84 Å². The van der Waals surface area contributed by atoms with E-state index in [2.05, 4.69) is 15.1 Å². The van der Waals surface area contributed by atoms with Crippen molar-refractivity contribution in [3.05, 3.63) is 47.9 Å².